The van der Waals surface area contributed by atoms with Gasteiger partial charge < -0.3 is 10.6 Å². The number of nitrogens with zero attached hydrogens (tertiary/aromatic N) is 2. The van der Waals surface area contributed by atoms with Crippen LogP contribution in [0.3, 0.4) is 0 Å². The molecule has 1 aliphatic rings. The van der Waals surface area contributed by atoms with Gasteiger partial charge in [0.15, 0.2) is 0 Å². The van der Waals surface area contributed by atoms with Crippen molar-refractivity contribution in [3.8, 4) is 0 Å². The molecule has 1 aliphatic heterocycles. The second kappa shape index (κ2) is 6.39. The van der Waals surface area contributed by atoms with Gasteiger partial charge in [0.25, 0.3) is 0 Å². The van der Waals surface area contributed by atoms with Gasteiger partial charge >= 0.3 is 0 Å². The fraction of sp³-hybridized carbons (Fsp3) is 0.500. The van der Waals surface area contributed by atoms with E-state index in [1.165, 1.54) is 0 Å². The molecule has 1 saturated heterocycles. The van der Waals surface area contributed by atoms with Gasteiger partial charge in [0.1, 0.15) is 4.99 Å². The van der Waals surface area contributed by atoms with Gasteiger partial charge in [-0.2, -0.15) is 4.31 Å². The van der Waals surface area contributed by atoms with Gasteiger partial charge in [0.2, 0.25) is 10.0 Å². The predicted octanol–water partition coefficient (Wildman–Crippen LogP) is 1.04. The van der Waals surface area contributed by atoms with Crippen molar-refractivity contribution in [2.24, 2.45) is 5.73 Å². The third-order valence-corrected chi connectivity index (χ3v) is 5.85. The van der Waals surface area contributed by atoms with Crippen LogP contribution in [0.4, 0.5) is 0 Å². The molecule has 1 fully saturated rings. The molecule has 0 amide bonds. The van der Waals surface area contributed by atoms with Crippen LogP contribution in [0.25, 0.3) is 0 Å². The molecule has 5 nitrogen and oxygen atoms in total. The van der Waals surface area contributed by atoms with Gasteiger partial charge in [-0.1, -0.05) is 24.4 Å². The van der Waals surface area contributed by atoms with E-state index in [1.54, 1.807) is 28.6 Å². The molecule has 0 spiro atoms. The summed E-state index contributed by atoms with van der Waals surface area (Å²) in [6.07, 6.45) is 1.81. The van der Waals surface area contributed by atoms with Gasteiger partial charge in [-0.3, -0.25) is 0 Å². The molecule has 7 heteroatoms. The highest BCUT2D eigenvalue weighted by Crippen LogP contribution is 2.26. The third-order valence-electron chi connectivity index (χ3n) is 3.64. The minimum Gasteiger partial charge on any atom is -0.389 e. The average Bonchev–Trinajstić information content (AvgIpc) is 2.86. The molecule has 0 aliphatic carbocycles. The lowest BCUT2D eigenvalue weighted by Crippen LogP contribution is -2.41. The predicted molar refractivity (Wildman–Crippen MR) is 87.8 cm³/mol. The first kappa shape index (κ1) is 16.4. The van der Waals surface area contributed by atoms with Crippen LogP contribution >= 0.6 is 12.2 Å². The maximum atomic E-state index is 12.8. The fourth-order valence-corrected chi connectivity index (χ4v) is 4.48. The Hall–Kier alpha value is -1.02. The van der Waals surface area contributed by atoms with E-state index in [4.69, 9.17) is 18.0 Å². The molecule has 1 atom stereocenters. The molecule has 1 unspecified atom stereocenters. The minimum atomic E-state index is -3.45. The highest BCUT2D eigenvalue weighted by molar-refractivity contribution is 7.89. The van der Waals surface area contributed by atoms with Crippen LogP contribution in [0.5, 0.6) is 0 Å². The Balaban J connectivity index is 2.26. The number of rotatable bonds is 5. The summed E-state index contributed by atoms with van der Waals surface area (Å²) in [6.45, 7) is 1.32. The summed E-state index contributed by atoms with van der Waals surface area (Å²) in [4.78, 5) is 2.59. The summed E-state index contributed by atoms with van der Waals surface area (Å²) in [5, 5.41) is 0. The Labute approximate surface area is 131 Å². The lowest BCUT2D eigenvalue weighted by atomic mass is 10.2. The van der Waals surface area contributed by atoms with E-state index < -0.39 is 10.0 Å². The number of sulfonamides is 1. The van der Waals surface area contributed by atoms with Crippen LogP contribution in [0, 0.1) is 0 Å². The summed E-state index contributed by atoms with van der Waals surface area (Å²) in [7, 11) is 0.464. The summed E-state index contributed by atoms with van der Waals surface area (Å²) in [5.74, 6) is 0. The Morgan fingerprint density at radius 1 is 1.38 bits per heavy atom. The third kappa shape index (κ3) is 3.60. The number of hydrogen-bond acceptors (Lipinski definition) is 4. The number of benzene rings is 1. The van der Waals surface area contributed by atoms with Crippen molar-refractivity contribution in [3.05, 3.63) is 29.8 Å². The lowest BCUT2D eigenvalue weighted by molar-refractivity contribution is 0.291. The van der Waals surface area contributed by atoms with Gasteiger partial charge in [-0.15, -0.1) is 0 Å². The van der Waals surface area contributed by atoms with E-state index in [9.17, 15) is 8.42 Å². The quantitative estimate of drug-likeness (QED) is 0.819. The zero-order valence-corrected chi connectivity index (χ0v) is 14.0. The van der Waals surface area contributed by atoms with E-state index in [1.807, 2.05) is 19.0 Å². The van der Waals surface area contributed by atoms with Gasteiger partial charge in [-0.05, 0) is 39.1 Å². The molecule has 1 aromatic rings. The molecule has 0 radical (unpaired) electrons. The molecule has 116 valence electrons. The molecular formula is C14H21N3O2S2. The summed E-state index contributed by atoms with van der Waals surface area (Å²) >= 11 is 4.88. The topological polar surface area (TPSA) is 66.6 Å². The van der Waals surface area contributed by atoms with Crippen LogP contribution in [-0.2, 0) is 10.0 Å². The first-order valence-corrected chi connectivity index (χ1v) is 8.73. The maximum absolute atomic E-state index is 12.8. The van der Waals surface area contributed by atoms with Crippen LogP contribution in [0.15, 0.2) is 29.2 Å². The smallest absolute Gasteiger partial charge is 0.243 e. The van der Waals surface area contributed by atoms with E-state index in [0.29, 0.717) is 17.0 Å². The minimum absolute atomic E-state index is 0.0419. The number of likely N-dealkylation sites (N-methyl/N-ethyl adjacent to an activating group) is 1. The van der Waals surface area contributed by atoms with Gasteiger partial charge in [-0.25, -0.2) is 8.42 Å². The largest absolute Gasteiger partial charge is 0.389 e. The Kier molecular flexibility index (Phi) is 4.98. The maximum Gasteiger partial charge on any atom is 0.243 e. The van der Waals surface area contributed by atoms with E-state index in [-0.39, 0.29) is 11.0 Å². The molecule has 1 heterocycles. The Bertz CT molecular complexity index is 612. The second-order valence-corrected chi connectivity index (χ2v) is 7.89. The van der Waals surface area contributed by atoms with E-state index in [0.717, 1.165) is 19.4 Å². The summed E-state index contributed by atoms with van der Waals surface area (Å²) in [6, 6.07) is 6.52. The Morgan fingerprint density at radius 3 is 2.52 bits per heavy atom. The van der Waals surface area contributed by atoms with Crippen molar-refractivity contribution < 1.29 is 8.42 Å². The first-order chi connectivity index (χ1) is 9.82. The monoisotopic (exact) mass is 327 g/mol. The van der Waals surface area contributed by atoms with Gasteiger partial charge in [0.05, 0.1) is 4.90 Å². The first-order valence-electron chi connectivity index (χ1n) is 6.89. The van der Waals surface area contributed by atoms with Crippen molar-refractivity contribution in [2.45, 2.75) is 23.8 Å². The molecule has 21 heavy (non-hydrogen) atoms. The zero-order valence-electron chi connectivity index (χ0n) is 12.3. The van der Waals surface area contributed by atoms with Crippen molar-refractivity contribution in [1.82, 2.24) is 9.21 Å². The molecule has 1 aromatic carbocycles. The standard InChI is InChI=1S/C14H21N3O2S2/c1-16(2)10-12-4-3-9-17(12)21(18,19)13-7-5-11(6-8-13)14(15)20/h5-8,12H,3-4,9-10H2,1-2H3,(H2,15,20). The fourth-order valence-electron chi connectivity index (χ4n) is 2.66. The lowest BCUT2D eigenvalue weighted by Gasteiger charge is -2.26. The van der Waals surface area contributed by atoms with E-state index >= 15 is 0 Å². The molecule has 0 saturated carbocycles. The average molecular weight is 327 g/mol. The number of nitrogens with two attached hydrogens (primary N) is 1. The van der Waals surface area contributed by atoms with Gasteiger partial charge in [0, 0.05) is 24.7 Å². The second-order valence-electron chi connectivity index (χ2n) is 5.56. The molecule has 0 aromatic heterocycles. The summed E-state index contributed by atoms with van der Waals surface area (Å²) in [5.41, 5.74) is 6.21. The summed E-state index contributed by atoms with van der Waals surface area (Å²) < 4.78 is 27.1. The van der Waals surface area contributed by atoms with Crippen LogP contribution in [-0.4, -0.2) is 55.8 Å². The number of hydrogen-bond donors (Lipinski definition) is 1. The zero-order chi connectivity index (χ0) is 15.6. The number of thiocarbonyl (C=S) groups is 1. The Morgan fingerprint density at radius 2 is 2.00 bits per heavy atom. The van der Waals surface area contributed by atoms with E-state index in [2.05, 4.69) is 0 Å². The highest BCUT2D eigenvalue weighted by Gasteiger charge is 2.35. The molecule has 2 N–H and O–H groups in total. The van der Waals surface area contributed by atoms with Crippen LogP contribution < -0.4 is 5.73 Å². The van der Waals surface area contributed by atoms with Crippen molar-refractivity contribution >= 4 is 27.2 Å². The molecular weight excluding hydrogens is 306 g/mol. The highest BCUT2D eigenvalue weighted by atomic mass is 32.2. The van der Waals surface area contributed by atoms with Crippen molar-refractivity contribution in [1.29, 1.82) is 0 Å². The molecule has 0 bridgehead atoms. The normalized spacial score (nSPS) is 20.0. The van der Waals surface area contributed by atoms with Crippen molar-refractivity contribution in [3.63, 3.8) is 0 Å². The molecule has 2 rings (SSSR count). The van der Waals surface area contributed by atoms with Crippen LogP contribution in [0.2, 0.25) is 0 Å². The van der Waals surface area contributed by atoms with Crippen LogP contribution in [0.1, 0.15) is 18.4 Å². The SMILES string of the molecule is CN(C)CC1CCCN1S(=O)(=O)c1ccc(C(N)=S)cc1. The van der Waals surface area contributed by atoms with Crippen molar-refractivity contribution in [2.75, 3.05) is 27.2 Å².